The lowest BCUT2D eigenvalue weighted by molar-refractivity contribution is -0.141. The van der Waals surface area contributed by atoms with Gasteiger partial charge in [0, 0.05) is 23.1 Å². The van der Waals surface area contributed by atoms with Crippen LogP contribution in [0.4, 0.5) is 4.79 Å². The second-order valence-corrected chi connectivity index (χ2v) is 7.07. The molecule has 3 rings (SSSR count). The van der Waals surface area contributed by atoms with Gasteiger partial charge in [0.2, 0.25) is 0 Å². The quantitative estimate of drug-likeness (QED) is 0.818. The van der Waals surface area contributed by atoms with Gasteiger partial charge in [0.25, 0.3) is 0 Å². The van der Waals surface area contributed by atoms with Gasteiger partial charge < -0.3 is 15.3 Å². The number of carboxylic acids is 1. The minimum absolute atomic E-state index is 0.200. The first-order valence-corrected chi connectivity index (χ1v) is 8.99. The number of benzene rings is 2. The Morgan fingerprint density at radius 3 is 2.54 bits per heavy atom. The number of nitrogens with zero attached hydrogens (tertiary/aromatic N) is 1. The third-order valence-corrected chi connectivity index (χ3v) is 5.07. The summed E-state index contributed by atoms with van der Waals surface area (Å²) in [6, 6.07) is 13.7. The first-order valence-electron chi connectivity index (χ1n) is 8.24. The number of likely N-dealkylation sites (tertiary alicyclic amines) is 1. The minimum Gasteiger partial charge on any atom is -0.481 e. The van der Waals surface area contributed by atoms with Crippen LogP contribution in [0.5, 0.6) is 0 Å². The van der Waals surface area contributed by atoms with Crippen molar-refractivity contribution in [1.29, 1.82) is 0 Å². The summed E-state index contributed by atoms with van der Waals surface area (Å²) in [5.41, 5.74) is 1.55. The van der Waals surface area contributed by atoms with Gasteiger partial charge in [-0.05, 0) is 35.7 Å². The zero-order valence-corrected chi connectivity index (χ0v) is 15.4. The third-order valence-electron chi connectivity index (χ3n) is 4.49. The summed E-state index contributed by atoms with van der Waals surface area (Å²) in [7, 11) is 0. The van der Waals surface area contributed by atoms with Crippen LogP contribution >= 0.6 is 23.2 Å². The molecule has 0 bridgehead atoms. The lowest BCUT2D eigenvalue weighted by atomic mass is 9.98. The fraction of sp³-hybridized carbons (Fsp3) is 0.263. The van der Waals surface area contributed by atoms with E-state index in [1.807, 2.05) is 30.3 Å². The molecule has 136 valence electrons. The maximum absolute atomic E-state index is 12.7. The Hall–Kier alpha value is -2.24. The monoisotopic (exact) mass is 392 g/mol. The Labute approximate surface area is 161 Å². The number of aliphatic carboxylic acids is 1. The highest BCUT2D eigenvalue weighted by molar-refractivity contribution is 6.33. The lowest BCUT2D eigenvalue weighted by Gasteiger charge is -2.25. The Kier molecular flexibility index (Phi) is 5.69. The molecule has 1 fully saturated rings. The number of rotatable bonds is 4. The number of carbonyl (C=O) groups is 2. The maximum Gasteiger partial charge on any atom is 0.318 e. The summed E-state index contributed by atoms with van der Waals surface area (Å²) in [4.78, 5) is 25.4. The third kappa shape index (κ3) is 4.11. The molecule has 0 aromatic heterocycles. The standard InChI is InChI=1S/C19H18Cl2N2O3/c20-14-6-7-16(21)15(10-14)17(12-4-2-1-3-5-12)22-19(26)23-9-8-13(11-23)18(24)25/h1-7,10,13,17H,8-9,11H2,(H,22,26)(H,24,25). The van der Waals surface area contributed by atoms with E-state index in [9.17, 15) is 9.59 Å². The van der Waals surface area contributed by atoms with E-state index >= 15 is 0 Å². The fourth-order valence-corrected chi connectivity index (χ4v) is 3.49. The van der Waals surface area contributed by atoms with Crippen molar-refractivity contribution in [3.05, 3.63) is 69.7 Å². The van der Waals surface area contributed by atoms with Crippen LogP contribution in [-0.2, 0) is 4.79 Å². The van der Waals surface area contributed by atoms with E-state index in [1.54, 1.807) is 18.2 Å². The molecular weight excluding hydrogens is 375 g/mol. The van der Waals surface area contributed by atoms with Crippen molar-refractivity contribution in [3.63, 3.8) is 0 Å². The molecule has 0 radical (unpaired) electrons. The molecule has 2 N–H and O–H groups in total. The predicted molar refractivity (Wildman–Crippen MR) is 101 cm³/mol. The number of carbonyl (C=O) groups excluding carboxylic acids is 1. The average Bonchev–Trinajstić information content (AvgIpc) is 3.13. The molecule has 0 spiro atoms. The molecule has 2 aromatic rings. The molecule has 5 nitrogen and oxygen atoms in total. The van der Waals surface area contributed by atoms with Crippen LogP contribution in [0.25, 0.3) is 0 Å². The summed E-state index contributed by atoms with van der Waals surface area (Å²) in [6.07, 6.45) is 0.455. The van der Waals surface area contributed by atoms with Gasteiger partial charge in [0.15, 0.2) is 0 Å². The van der Waals surface area contributed by atoms with E-state index in [2.05, 4.69) is 5.32 Å². The smallest absolute Gasteiger partial charge is 0.318 e. The predicted octanol–water partition coefficient (Wildman–Crippen LogP) is 4.20. The summed E-state index contributed by atoms with van der Waals surface area (Å²) in [5, 5.41) is 13.1. The topological polar surface area (TPSA) is 69.6 Å². The van der Waals surface area contributed by atoms with Gasteiger partial charge in [-0.1, -0.05) is 53.5 Å². The van der Waals surface area contributed by atoms with Crippen molar-refractivity contribution in [3.8, 4) is 0 Å². The van der Waals surface area contributed by atoms with Crippen molar-refractivity contribution in [2.45, 2.75) is 12.5 Å². The Morgan fingerprint density at radius 2 is 1.88 bits per heavy atom. The number of hydrogen-bond donors (Lipinski definition) is 2. The summed E-state index contributed by atoms with van der Waals surface area (Å²) in [5.74, 6) is -1.40. The van der Waals surface area contributed by atoms with Crippen LogP contribution in [0.1, 0.15) is 23.6 Å². The molecule has 1 heterocycles. The molecule has 1 saturated heterocycles. The van der Waals surface area contributed by atoms with Crippen molar-refractivity contribution in [2.24, 2.45) is 5.92 Å². The molecule has 2 amide bonds. The van der Waals surface area contributed by atoms with Crippen LogP contribution in [-0.4, -0.2) is 35.1 Å². The van der Waals surface area contributed by atoms with Crippen molar-refractivity contribution in [1.82, 2.24) is 10.2 Å². The van der Waals surface area contributed by atoms with Gasteiger partial charge in [-0.3, -0.25) is 4.79 Å². The molecule has 2 atom stereocenters. The van der Waals surface area contributed by atoms with Gasteiger partial charge in [0.1, 0.15) is 0 Å². The number of nitrogens with one attached hydrogen (secondary N) is 1. The molecule has 1 aliphatic heterocycles. The van der Waals surface area contributed by atoms with Gasteiger partial charge in [-0.25, -0.2) is 4.79 Å². The van der Waals surface area contributed by atoms with Crippen LogP contribution in [0, 0.1) is 5.92 Å². The molecule has 0 saturated carbocycles. The van der Waals surface area contributed by atoms with Crippen molar-refractivity contribution >= 4 is 35.2 Å². The Morgan fingerprint density at radius 1 is 1.15 bits per heavy atom. The number of halogens is 2. The van der Waals surface area contributed by atoms with E-state index in [1.165, 1.54) is 4.90 Å². The van der Waals surface area contributed by atoms with Gasteiger partial charge in [-0.2, -0.15) is 0 Å². The number of carboxylic acid groups (broad SMARTS) is 1. The SMILES string of the molecule is O=C(O)C1CCN(C(=O)NC(c2ccccc2)c2cc(Cl)ccc2Cl)C1. The number of urea groups is 1. The van der Waals surface area contributed by atoms with E-state index in [4.69, 9.17) is 28.3 Å². The first-order chi connectivity index (χ1) is 12.5. The van der Waals surface area contributed by atoms with Crippen molar-refractivity contribution in [2.75, 3.05) is 13.1 Å². The Balaban J connectivity index is 1.86. The first kappa shape index (κ1) is 18.5. The zero-order valence-electron chi connectivity index (χ0n) is 13.9. The van der Waals surface area contributed by atoms with Crippen LogP contribution < -0.4 is 5.32 Å². The summed E-state index contributed by atoms with van der Waals surface area (Å²) >= 11 is 12.5. The number of hydrogen-bond acceptors (Lipinski definition) is 2. The molecule has 2 aromatic carbocycles. The maximum atomic E-state index is 12.7. The second kappa shape index (κ2) is 7.98. The van der Waals surface area contributed by atoms with E-state index in [0.29, 0.717) is 28.6 Å². The van der Waals surface area contributed by atoms with Crippen LogP contribution in [0.15, 0.2) is 48.5 Å². The van der Waals surface area contributed by atoms with Gasteiger partial charge >= 0.3 is 12.0 Å². The average molecular weight is 393 g/mol. The van der Waals surface area contributed by atoms with Crippen molar-refractivity contribution < 1.29 is 14.7 Å². The zero-order chi connectivity index (χ0) is 18.7. The number of amides is 2. The molecule has 7 heteroatoms. The van der Waals surface area contributed by atoms with E-state index in [-0.39, 0.29) is 12.6 Å². The molecule has 26 heavy (non-hydrogen) atoms. The minimum atomic E-state index is -0.877. The van der Waals surface area contributed by atoms with Gasteiger partial charge in [0.05, 0.1) is 12.0 Å². The van der Waals surface area contributed by atoms with Crippen LogP contribution in [0.3, 0.4) is 0 Å². The largest absolute Gasteiger partial charge is 0.481 e. The normalized spacial score (nSPS) is 17.8. The molecule has 1 aliphatic rings. The van der Waals surface area contributed by atoms with E-state index < -0.39 is 17.9 Å². The molecular formula is C19H18Cl2N2O3. The fourth-order valence-electron chi connectivity index (χ4n) is 3.08. The van der Waals surface area contributed by atoms with E-state index in [0.717, 1.165) is 5.56 Å². The van der Waals surface area contributed by atoms with Crippen LogP contribution in [0.2, 0.25) is 10.0 Å². The highest BCUT2D eigenvalue weighted by Gasteiger charge is 2.32. The lowest BCUT2D eigenvalue weighted by Crippen LogP contribution is -2.41. The summed E-state index contributed by atoms with van der Waals surface area (Å²) < 4.78 is 0. The van der Waals surface area contributed by atoms with Gasteiger partial charge in [-0.15, -0.1) is 0 Å². The molecule has 2 unspecified atom stereocenters. The highest BCUT2D eigenvalue weighted by atomic mass is 35.5. The molecule has 0 aliphatic carbocycles. The highest BCUT2D eigenvalue weighted by Crippen LogP contribution is 2.31. The Bertz CT molecular complexity index is 814. The second-order valence-electron chi connectivity index (χ2n) is 6.23. The summed E-state index contributed by atoms with van der Waals surface area (Å²) in [6.45, 7) is 0.611.